The molecule has 9 heavy (non-hydrogen) atoms. The lowest BCUT2D eigenvalue weighted by Crippen LogP contribution is -1.90. The molecular formula is C4H3O3S2. The van der Waals surface area contributed by atoms with E-state index in [0.29, 0.717) is 0 Å². The van der Waals surface area contributed by atoms with Gasteiger partial charge in [0.2, 0.25) is 0 Å². The minimum atomic E-state index is -4.19. The summed E-state index contributed by atoms with van der Waals surface area (Å²) in [5.41, 5.74) is 0. The summed E-state index contributed by atoms with van der Waals surface area (Å²) in [6, 6.07) is 2.81. The largest absolute Gasteiger partial charge is 0.333 e. The molecule has 0 aliphatic carbocycles. The van der Waals surface area contributed by atoms with Crippen LogP contribution < -0.4 is 0 Å². The molecule has 0 unspecified atom stereocenters. The van der Waals surface area contributed by atoms with Crippen LogP contribution in [0.2, 0.25) is 0 Å². The Labute approximate surface area is 56.7 Å². The summed E-state index contributed by atoms with van der Waals surface area (Å²) in [6.07, 6.45) is 0. The van der Waals surface area contributed by atoms with Crippen LogP contribution in [0, 0.1) is 0 Å². The molecule has 0 fully saturated rings. The van der Waals surface area contributed by atoms with Crippen LogP contribution in [-0.4, -0.2) is 8.42 Å². The molecule has 49 valence electrons. The van der Waals surface area contributed by atoms with Gasteiger partial charge in [0.25, 0.3) is 0 Å². The molecular weight excluding hydrogens is 160 g/mol. The van der Waals surface area contributed by atoms with Crippen molar-refractivity contribution in [1.82, 2.24) is 0 Å². The van der Waals surface area contributed by atoms with Crippen LogP contribution in [0.25, 0.3) is 0 Å². The molecule has 1 rings (SSSR count). The van der Waals surface area contributed by atoms with Gasteiger partial charge in [-0.15, -0.1) is 11.3 Å². The Balaban J connectivity index is 3.20. The van der Waals surface area contributed by atoms with Gasteiger partial charge in [0.05, 0.1) is 0 Å². The molecule has 0 saturated carbocycles. The minimum absolute atomic E-state index is 0.123. The van der Waals surface area contributed by atoms with Crippen LogP contribution in [0.3, 0.4) is 0 Å². The second kappa shape index (κ2) is 2.09. The van der Waals surface area contributed by atoms with E-state index in [9.17, 15) is 13.0 Å². The van der Waals surface area contributed by atoms with Gasteiger partial charge in [-0.2, -0.15) is 8.42 Å². The zero-order chi connectivity index (χ0) is 6.91. The summed E-state index contributed by atoms with van der Waals surface area (Å²) >= 11 is 0.929. The molecule has 0 aromatic carbocycles. The van der Waals surface area contributed by atoms with Gasteiger partial charge in [-0.25, -0.2) is 0 Å². The maximum atomic E-state index is 10.1. The maximum absolute atomic E-state index is 10.1. The molecule has 1 heterocycles. The molecule has 0 bridgehead atoms. The van der Waals surface area contributed by atoms with Crippen LogP contribution in [0.1, 0.15) is 0 Å². The molecule has 0 atom stereocenters. The van der Waals surface area contributed by atoms with E-state index in [1.807, 2.05) is 0 Å². The Bertz CT molecular complexity index is 271. The van der Waals surface area contributed by atoms with Gasteiger partial charge in [0.1, 0.15) is 4.21 Å². The highest BCUT2D eigenvalue weighted by Gasteiger charge is 2.10. The third kappa shape index (κ3) is 1.51. The summed E-state index contributed by atoms with van der Waals surface area (Å²) in [7, 11) is -4.19. The van der Waals surface area contributed by atoms with E-state index in [1.165, 1.54) is 12.1 Å². The highest BCUT2D eigenvalue weighted by Crippen LogP contribution is 2.14. The van der Waals surface area contributed by atoms with Crippen molar-refractivity contribution in [2.75, 3.05) is 0 Å². The molecule has 5 heteroatoms. The standard InChI is InChI=1S/C4H3O3S2/c5-9(6,7)4-2-1-3-8-4/h1-3H. The molecule has 0 aliphatic heterocycles. The van der Waals surface area contributed by atoms with Gasteiger partial charge in [0, 0.05) is 0 Å². The van der Waals surface area contributed by atoms with E-state index < -0.39 is 10.1 Å². The molecule has 0 aliphatic rings. The summed E-state index contributed by atoms with van der Waals surface area (Å²) < 4.78 is 30.3. The number of hydrogen-bond acceptors (Lipinski definition) is 3. The maximum Gasteiger partial charge on any atom is 0.333 e. The Morgan fingerprint density at radius 3 is 2.33 bits per heavy atom. The second-order valence-corrected chi connectivity index (χ2v) is 3.94. The molecule has 1 radical (unpaired) electrons. The Hall–Kier alpha value is -0.390. The quantitative estimate of drug-likeness (QED) is 0.616. The second-order valence-electron chi connectivity index (χ2n) is 1.39. The highest BCUT2D eigenvalue weighted by molar-refractivity contribution is 7.87. The topological polar surface area (TPSA) is 54.0 Å². The van der Waals surface area contributed by atoms with Crippen molar-refractivity contribution in [3.05, 3.63) is 17.5 Å². The molecule has 1 aromatic rings. The fraction of sp³-hybridized carbons (Fsp3) is 0. The van der Waals surface area contributed by atoms with E-state index >= 15 is 0 Å². The lowest BCUT2D eigenvalue weighted by atomic mass is 10.7. The normalized spacial score (nSPS) is 11.7. The summed E-state index contributed by atoms with van der Waals surface area (Å²) in [6.45, 7) is 0. The zero-order valence-corrected chi connectivity index (χ0v) is 5.91. The van der Waals surface area contributed by atoms with Crippen molar-refractivity contribution in [3.63, 3.8) is 0 Å². The fourth-order valence-electron chi connectivity index (χ4n) is 0.406. The number of rotatable bonds is 1. The lowest BCUT2D eigenvalue weighted by Gasteiger charge is -1.81. The van der Waals surface area contributed by atoms with Crippen LogP contribution in [-0.2, 0) is 14.7 Å². The molecule has 1 aromatic heterocycles. The van der Waals surface area contributed by atoms with Gasteiger partial charge >= 0.3 is 10.1 Å². The first kappa shape index (κ1) is 6.73. The minimum Gasteiger partial charge on any atom is -0.191 e. The van der Waals surface area contributed by atoms with Crippen molar-refractivity contribution >= 4 is 21.5 Å². The van der Waals surface area contributed by atoms with Crippen molar-refractivity contribution in [2.45, 2.75) is 4.21 Å². The first-order valence-electron chi connectivity index (χ1n) is 2.10. The lowest BCUT2D eigenvalue weighted by molar-refractivity contribution is 0.416. The SMILES string of the molecule is [O]S(=O)(=O)c1cccs1. The van der Waals surface area contributed by atoms with E-state index in [4.69, 9.17) is 0 Å². The molecule has 0 amide bonds. The van der Waals surface area contributed by atoms with Crippen molar-refractivity contribution in [1.29, 1.82) is 0 Å². The van der Waals surface area contributed by atoms with Crippen molar-refractivity contribution in [3.8, 4) is 0 Å². The monoisotopic (exact) mass is 163 g/mol. The Morgan fingerprint density at radius 2 is 2.11 bits per heavy atom. The number of hydrogen-bond donors (Lipinski definition) is 0. The summed E-state index contributed by atoms with van der Waals surface area (Å²) in [4.78, 5) is 0. The predicted octanol–water partition coefficient (Wildman–Crippen LogP) is 0.867. The fourth-order valence-corrected chi connectivity index (χ4v) is 1.74. The van der Waals surface area contributed by atoms with Gasteiger partial charge in [0.15, 0.2) is 0 Å². The Kier molecular flexibility index (Phi) is 1.56. The molecule has 0 saturated heterocycles. The Morgan fingerprint density at radius 1 is 1.44 bits per heavy atom. The molecule has 3 nitrogen and oxygen atoms in total. The molecule has 0 spiro atoms. The first-order valence-corrected chi connectivity index (χ1v) is 4.39. The predicted molar refractivity (Wildman–Crippen MR) is 32.2 cm³/mol. The van der Waals surface area contributed by atoms with Crippen molar-refractivity contribution < 1.29 is 13.0 Å². The van der Waals surface area contributed by atoms with Crippen LogP contribution in [0.4, 0.5) is 0 Å². The summed E-state index contributed by atoms with van der Waals surface area (Å²) in [5.74, 6) is 0. The van der Waals surface area contributed by atoms with Gasteiger partial charge in [-0.3, -0.25) is 0 Å². The smallest absolute Gasteiger partial charge is 0.191 e. The van der Waals surface area contributed by atoms with E-state index in [0.717, 1.165) is 11.3 Å². The van der Waals surface area contributed by atoms with Crippen LogP contribution in [0.15, 0.2) is 21.7 Å². The van der Waals surface area contributed by atoms with Crippen LogP contribution in [0.5, 0.6) is 0 Å². The van der Waals surface area contributed by atoms with Gasteiger partial charge in [-0.1, -0.05) is 10.6 Å². The van der Waals surface area contributed by atoms with E-state index in [-0.39, 0.29) is 4.21 Å². The molecule has 0 N–H and O–H groups in total. The highest BCUT2D eigenvalue weighted by atomic mass is 32.3. The number of thiophene rings is 1. The summed E-state index contributed by atoms with van der Waals surface area (Å²) in [5, 5.41) is 1.55. The van der Waals surface area contributed by atoms with Gasteiger partial charge < -0.3 is 0 Å². The van der Waals surface area contributed by atoms with Gasteiger partial charge in [-0.05, 0) is 11.4 Å². The zero-order valence-electron chi connectivity index (χ0n) is 4.27. The first-order chi connectivity index (χ1) is 4.11. The third-order valence-electron chi connectivity index (χ3n) is 0.741. The van der Waals surface area contributed by atoms with E-state index in [2.05, 4.69) is 0 Å². The van der Waals surface area contributed by atoms with Crippen molar-refractivity contribution in [2.24, 2.45) is 0 Å². The van der Waals surface area contributed by atoms with E-state index in [1.54, 1.807) is 5.38 Å². The average Bonchev–Trinajstić information content (AvgIpc) is 2.08. The van der Waals surface area contributed by atoms with Crippen LogP contribution >= 0.6 is 11.3 Å². The third-order valence-corrected chi connectivity index (χ3v) is 2.93. The average molecular weight is 163 g/mol.